The summed E-state index contributed by atoms with van der Waals surface area (Å²) in [7, 11) is 0. The summed E-state index contributed by atoms with van der Waals surface area (Å²) in [6, 6.07) is 4.40. The molecule has 1 fully saturated rings. The molecule has 1 aromatic carbocycles. The second-order valence-electron chi connectivity index (χ2n) is 4.36. The first kappa shape index (κ1) is 12.5. The first-order chi connectivity index (χ1) is 8.08. The van der Waals surface area contributed by atoms with Crippen LogP contribution in [0.2, 0.25) is 5.02 Å². The van der Waals surface area contributed by atoms with Gasteiger partial charge in [-0.1, -0.05) is 17.7 Å². The predicted molar refractivity (Wildman–Crippen MR) is 63.6 cm³/mol. The lowest BCUT2D eigenvalue weighted by Gasteiger charge is -2.12. The van der Waals surface area contributed by atoms with Crippen LogP contribution in [-0.2, 0) is 16.0 Å². The molecule has 0 bridgehead atoms. The van der Waals surface area contributed by atoms with Gasteiger partial charge < -0.3 is 4.74 Å². The van der Waals surface area contributed by atoms with Crippen LogP contribution in [0.3, 0.4) is 0 Å². The molecule has 0 aromatic heterocycles. The van der Waals surface area contributed by atoms with E-state index in [1.165, 1.54) is 12.1 Å². The molecule has 2 nitrogen and oxygen atoms in total. The molecule has 17 heavy (non-hydrogen) atoms. The molecule has 92 valence electrons. The summed E-state index contributed by atoms with van der Waals surface area (Å²) in [5.41, 5.74) is 0.750. The lowest BCUT2D eigenvalue weighted by molar-refractivity contribution is -0.123. The molecule has 0 radical (unpaired) electrons. The van der Waals surface area contributed by atoms with Crippen molar-refractivity contribution in [3.8, 4) is 0 Å². The Labute approximate surface area is 105 Å². The molecule has 0 aliphatic carbocycles. The van der Waals surface area contributed by atoms with Gasteiger partial charge in [0.05, 0.1) is 11.1 Å². The Morgan fingerprint density at radius 2 is 2.35 bits per heavy atom. The molecule has 1 aliphatic heterocycles. The molecule has 4 heteroatoms. The number of ketones is 1. The highest BCUT2D eigenvalue weighted by atomic mass is 35.5. The minimum Gasteiger partial charge on any atom is -0.378 e. The molecule has 0 saturated carbocycles. The summed E-state index contributed by atoms with van der Waals surface area (Å²) >= 11 is 5.67. The first-order valence-electron chi connectivity index (χ1n) is 5.66. The Morgan fingerprint density at radius 3 is 2.94 bits per heavy atom. The zero-order valence-electron chi connectivity index (χ0n) is 9.58. The normalized spacial score (nSPS) is 23.9. The van der Waals surface area contributed by atoms with Gasteiger partial charge in [0.15, 0.2) is 0 Å². The van der Waals surface area contributed by atoms with Crippen LogP contribution in [0.5, 0.6) is 0 Å². The highest BCUT2D eigenvalue weighted by Gasteiger charge is 2.30. The highest BCUT2D eigenvalue weighted by molar-refractivity contribution is 6.30. The van der Waals surface area contributed by atoms with Gasteiger partial charge >= 0.3 is 0 Å². The van der Waals surface area contributed by atoms with Crippen LogP contribution in [0.4, 0.5) is 4.39 Å². The molecule has 0 N–H and O–H groups in total. The zero-order chi connectivity index (χ0) is 12.4. The number of Topliss-reactive ketones (excluding diaryl/α,β-unsaturated/α-hetero) is 1. The van der Waals surface area contributed by atoms with E-state index in [2.05, 4.69) is 0 Å². The Hall–Kier alpha value is -0.930. The maximum absolute atomic E-state index is 13.0. The lowest BCUT2D eigenvalue weighted by atomic mass is 9.93. The Morgan fingerprint density at radius 1 is 1.59 bits per heavy atom. The molecule has 0 amide bonds. The Kier molecular flexibility index (Phi) is 3.79. The molecule has 1 saturated heterocycles. The number of hydrogen-bond donors (Lipinski definition) is 0. The third-order valence-electron chi connectivity index (χ3n) is 3.15. The maximum Gasteiger partial charge on any atom is 0.142 e. The molecule has 1 aromatic rings. The largest absolute Gasteiger partial charge is 0.378 e. The quantitative estimate of drug-likeness (QED) is 0.831. The number of carbonyl (C=O) groups is 1. The third-order valence-corrected chi connectivity index (χ3v) is 3.44. The summed E-state index contributed by atoms with van der Waals surface area (Å²) in [5, 5.41) is 0.0611. The van der Waals surface area contributed by atoms with Crippen LogP contribution in [0.15, 0.2) is 18.2 Å². The predicted octanol–water partition coefficient (Wildman–Crippen LogP) is 3.02. The van der Waals surface area contributed by atoms with E-state index in [0.717, 1.165) is 12.0 Å². The van der Waals surface area contributed by atoms with E-state index in [1.54, 1.807) is 6.07 Å². The van der Waals surface area contributed by atoms with E-state index in [9.17, 15) is 9.18 Å². The molecular weight excluding hydrogens is 243 g/mol. The maximum atomic E-state index is 13.0. The summed E-state index contributed by atoms with van der Waals surface area (Å²) < 4.78 is 18.3. The Bertz CT molecular complexity index is 433. The van der Waals surface area contributed by atoms with Crippen molar-refractivity contribution >= 4 is 17.4 Å². The van der Waals surface area contributed by atoms with Gasteiger partial charge in [-0.2, -0.15) is 0 Å². The second kappa shape index (κ2) is 5.15. The van der Waals surface area contributed by atoms with E-state index < -0.39 is 5.82 Å². The minimum atomic E-state index is -0.458. The monoisotopic (exact) mass is 256 g/mol. The van der Waals surface area contributed by atoms with E-state index in [1.807, 2.05) is 6.92 Å². The van der Waals surface area contributed by atoms with Crippen molar-refractivity contribution in [3.05, 3.63) is 34.6 Å². The highest BCUT2D eigenvalue weighted by Crippen LogP contribution is 2.24. The number of ether oxygens (including phenoxy) is 1. The molecular formula is C13H14ClFO2. The number of rotatable bonds is 3. The zero-order valence-corrected chi connectivity index (χ0v) is 10.3. The first-order valence-corrected chi connectivity index (χ1v) is 6.04. The molecule has 0 spiro atoms. The second-order valence-corrected chi connectivity index (χ2v) is 4.77. The van der Waals surface area contributed by atoms with Gasteiger partial charge in [0.2, 0.25) is 0 Å². The average molecular weight is 257 g/mol. The summed E-state index contributed by atoms with van der Waals surface area (Å²) in [6.45, 7) is 2.55. The van der Waals surface area contributed by atoms with Crippen LogP contribution >= 0.6 is 11.6 Å². The lowest BCUT2D eigenvalue weighted by Crippen LogP contribution is -2.23. The smallest absolute Gasteiger partial charge is 0.142 e. The van der Waals surface area contributed by atoms with Crippen LogP contribution in [0.1, 0.15) is 18.9 Å². The van der Waals surface area contributed by atoms with Crippen molar-refractivity contribution < 1.29 is 13.9 Å². The van der Waals surface area contributed by atoms with Crippen molar-refractivity contribution in [1.29, 1.82) is 0 Å². The van der Waals surface area contributed by atoms with Crippen molar-refractivity contribution in [2.75, 3.05) is 6.61 Å². The van der Waals surface area contributed by atoms with Gasteiger partial charge in [0.25, 0.3) is 0 Å². The van der Waals surface area contributed by atoms with E-state index in [4.69, 9.17) is 16.3 Å². The van der Waals surface area contributed by atoms with E-state index in [0.29, 0.717) is 13.0 Å². The van der Waals surface area contributed by atoms with Crippen LogP contribution in [0.25, 0.3) is 0 Å². The summed E-state index contributed by atoms with van der Waals surface area (Å²) in [6.07, 6.45) is 1.05. The van der Waals surface area contributed by atoms with Crippen LogP contribution in [0, 0.1) is 11.7 Å². The molecule has 1 aliphatic rings. The molecule has 2 unspecified atom stereocenters. The third kappa shape index (κ3) is 2.85. The molecule has 2 atom stereocenters. The van der Waals surface area contributed by atoms with Gasteiger partial charge in [-0.15, -0.1) is 0 Å². The standard InChI is InChI=1S/C13H14ClFO2/c1-8-10(4-5-17-8)13(16)7-9-2-3-12(15)11(14)6-9/h2-3,6,8,10H,4-5,7H2,1H3. The van der Waals surface area contributed by atoms with Crippen molar-refractivity contribution in [2.45, 2.75) is 25.9 Å². The van der Waals surface area contributed by atoms with E-state index in [-0.39, 0.29) is 22.8 Å². The fourth-order valence-electron chi connectivity index (χ4n) is 2.14. The topological polar surface area (TPSA) is 26.3 Å². The number of hydrogen-bond acceptors (Lipinski definition) is 2. The minimum absolute atomic E-state index is 0.0154. The molecule has 1 heterocycles. The number of benzene rings is 1. The molecule has 2 rings (SSSR count). The number of carbonyl (C=O) groups excluding carboxylic acids is 1. The van der Waals surface area contributed by atoms with Gasteiger partial charge in [-0.25, -0.2) is 4.39 Å². The van der Waals surface area contributed by atoms with Crippen molar-refractivity contribution in [1.82, 2.24) is 0 Å². The fourth-order valence-corrected chi connectivity index (χ4v) is 2.34. The van der Waals surface area contributed by atoms with Crippen LogP contribution in [-0.4, -0.2) is 18.5 Å². The summed E-state index contributed by atoms with van der Waals surface area (Å²) in [5.74, 6) is -0.364. The summed E-state index contributed by atoms with van der Waals surface area (Å²) in [4.78, 5) is 12.0. The van der Waals surface area contributed by atoms with Gasteiger partial charge in [0.1, 0.15) is 11.6 Å². The number of halogens is 2. The van der Waals surface area contributed by atoms with Gasteiger partial charge in [0, 0.05) is 18.9 Å². The fraction of sp³-hybridized carbons (Fsp3) is 0.462. The van der Waals surface area contributed by atoms with Crippen LogP contribution < -0.4 is 0 Å². The average Bonchev–Trinajstić information content (AvgIpc) is 2.70. The SMILES string of the molecule is CC1OCCC1C(=O)Cc1ccc(F)c(Cl)c1. The van der Waals surface area contributed by atoms with E-state index >= 15 is 0 Å². The van der Waals surface area contributed by atoms with Crippen molar-refractivity contribution in [3.63, 3.8) is 0 Å². The Balaban J connectivity index is 2.05. The van der Waals surface area contributed by atoms with Crippen molar-refractivity contribution in [2.24, 2.45) is 5.92 Å². The van der Waals surface area contributed by atoms with Gasteiger partial charge in [-0.3, -0.25) is 4.79 Å². The van der Waals surface area contributed by atoms with Gasteiger partial charge in [-0.05, 0) is 31.0 Å².